The van der Waals surface area contributed by atoms with Crippen molar-refractivity contribution in [2.75, 3.05) is 27.3 Å². The van der Waals surface area contributed by atoms with Crippen molar-refractivity contribution in [1.82, 2.24) is 15.0 Å². The molecule has 1 fully saturated rings. The molecule has 0 aliphatic carbocycles. The molecular formula is C17H19N3O4. The van der Waals surface area contributed by atoms with E-state index in [9.17, 15) is 4.79 Å². The van der Waals surface area contributed by atoms with Crippen LogP contribution in [0.2, 0.25) is 0 Å². The summed E-state index contributed by atoms with van der Waals surface area (Å²) in [5, 5.41) is 3.77. The highest BCUT2D eigenvalue weighted by Gasteiger charge is 2.34. The Morgan fingerprint density at radius 1 is 1.29 bits per heavy atom. The highest BCUT2D eigenvalue weighted by molar-refractivity contribution is 5.92. The third-order valence-corrected chi connectivity index (χ3v) is 3.91. The number of rotatable bonds is 5. The second-order valence-corrected chi connectivity index (χ2v) is 5.57. The van der Waals surface area contributed by atoms with Crippen molar-refractivity contribution in [2.45, 2.75) is 12.8 Å². The molecule has 24 heavy (non-hydrogen) atoms. The van der Waals surface area contributed by atoms with Crippen LogP contribution in [0.5, 0.6) is 11.5 Å². The molecule has 0 atom stereocenters. The summed E-state index contributed by atoms with van der Waals surface area (Å²) in [6.07, 6.45) is 3.31. The molecule has 7 heteroatoms. The predicted octanol–water partition coefficient (Wildman–Crippen LogP) is 2.03. The smallest absolute Gasteiger partial charge is 0.246 e. The quantitative estimate of drug-likeness (QED) is 0.781. The van der Waals surface area contributed by atoms with Gasteiger partial charge in [0.2, 0.25) is 11.8 Å². The number of hydrogen-bond acceptors (Lipinski definition) is 6. The molecule has 0 spiro atoms. The summed E-state index contributed by atoms with van der Waals surface area (Å²) in [7, 11) is 3.16. The fourth-order valence-electron chi connectivity index (χ4n) is 2.52. The zero-order valence-corrected chi connectivity index (χ0v) is 13.9. The van der Waals surface area contributed by atoms with Crippen LogP contribution in [-0.4, -0.2) is 48.3 Å². The highest BCUT2D eigenvalue weighted by atomic mass is 16.5. The summed E-state index contributed by atoms with van der Waals surface area (Å²) >= 11 is 0. The van der Waals surface area contributed by atoms with Gasteiger partial charge >= 0.3 is 0 Å². The standard InChI is InChI=1S/C17H19N3O4/c1-11-18-17(24-19-11)13-9-20(10-13)16(21)7-5-12-4-6-14(22-2)15(8-12)23-3/h4-8,13H,9-10H2,1-3H3/b7-5+. The van der Waals surface area contributed by atoms with E-state index in [4.69, 9.17) is 14.0 Å². The summed E-state index contributed by atoms with van der Waals surface area (Å²) in [6, 6.07) is 5.49. The third-order valence-electron chi connectivity index (χ3n) is 3.91. The van der Waals surface area contributed by atoms with E-state index in [0.29, 0.717) is 36.3 Å². The van der Waals surface area contributed by atoms with Gasteiger partial charge in [0.05, 0.1) is 20.1 Å². The molecule has 0 radical (unpaired) electrons. The second-order valence-electron chi connectivity index (χ2n) is 5.57. The van der Waals surface area contributed by atoms with Gasteiger partial charge in [-0.3, -0.25) is 4.79 Å². The van der Waals surface area contributed by atoms with Crippen LogP contribution in [-0.2, 0) is 4.79 Å². The van der Waals surface area contributed by atoms with Crippen LogP contribution in [0.15, 0.2) is 28.8 Å². The Bertz CT molecular complexity index is 763. The first-order valence-corrected chi connectivity index (χ1v) is 7.60. The van der Waals surface area contributed by atoms with Gasteiger partial charge in [-0.25, -0.2) is 0 Å². The van der Waals surface area contributed by atoms with Crippen LogP contribution in [0.4, 0.5) is 0 Å². The molecule has 1 aliphatic rings. The van der Waals surface area contributed by atoms with Crippen LogP contribution in [0, 0.1) is 6.92 Å². The molecular weight excluding hydrogens is 310 g/mol. The molecule has 1 aromatic heterocycles. The van der Waals surface area contributed by atoms with Gasteiger partial charge in [0.15, 0.2) is 17.3 Å². The number of carbonyl (C=O) groups is 1. The normalized spacial score (nSPS) is 14.7. The third kappa shape index (κ3) is 3.24. The molecule has 0 unspecified atom stereocenters. The van der Waals surface area contributed by atoms with Crippen LogP contribution < -0.4 is 9.47 Å². The number of hydrogen-bond donors (Lipinski definition) is 0. The zero-order valence-electron chi connectivity index (χ0n) is 13.9. The van der Waals surface area contributed by atoms with Crippen LogP contribution in [0.1, 0.15) is 23.2 Å². The summed E-state index contributed by atoms with van der Waals surface area (Å²) < 4.78 is 15.6. The predicted molar refractivity (Wildman–Crippen MR) is 86.9 cm³/mol. The average molecular weight is 329 g/mol. The Morgan fingerprint density at radius 2 is 2.04 bits per heavy atom. The van der Waals surface area contributed by atoms with E-state index in [1.54, 1.807) is 44.3 Å². The van der Waals surface area contributed by atoms with Crippen molar-refractivity contribution < 1.29 is 18.8 Å². The molecule has 3 rings (SSSR count). The van der Waals surface area contributed by atoms with Crippen LogP contribution in [0.3, 0.4) is 0 Å². The lowest BCUT2D eigenvalue weighted by Crippen LogP contribution is -2.47. The van der Waals surface area contributed by atoms with E-state index in [2.05, 4.69) is 10.1 Å². The minimum atomic E-state index is -0.0442. The lowest BCUT2D eigenvalue weighted by molar-refractivity contribution is -0.130. The maximum atomic E-state index is 12.2. The molecule has 2 heterocycles. The molecule has 126 valence electrons. The minimum Gasteiger partial charge on any atom is -0.493 e. The van der Waals surface area contributed by atoms with Crippen molar-refractivity contribution >= 4 is 12.0 Å². The summed E-state index contributed by atoms with van der Waals surface area (Å²) in [5.41, 5.74) is 0.866. The first-order valence-electron chi connectivity index (χ1n) is 7.60. The lowest BCUT2D eigenvalue weighted by atomic mass is 10.00. The first-order chi connectivity index (χ1) is 11.6. The molecule has 2 aromatic rings. The Kier molecular flexibility index (Phi) is 4.50. The van der Waals surface area contributed by atoms with Gasteiger partial charge in [-0.2, -0.15) is 4.98 Å². The number of aromatic nitrogens is 2. The number of carbonyl (C=O) groups excluding carboxylic acids is 1. The molecule has 0 saturated carbocycles. The van der Waals surface area contributed by atoms with Gasteiger partial charge in [0.25, 0.3) is 0 Å². The Balaban J connectivity index is 1.58. The number of amides is 1. The van der Waals surface area contributed by atoms with E-state index < -0.39 is 0 Å². The van der Waals surface area contributed by atoms with Crippen molar-refractivity contribution in [1.29, 1.82) is 0 Å². The van der Waals surface area contributed by atoms with Gasteiger partial charge in [0.1, 0.15) is 0 Å². The molecule has 0 N–H and O–H groups in total. The molecule has 0 bridgehead atoms. The summed E-state index contributed by atoms with van der Waals surface area (Å²) in [4.78, 5) is 18.1. The van der Waals surface area contributed by atoms with Crippen LogP contribution in [0.25, 0.3) is 6.08 Å². The van der Waals surface area contributed by atoms with Gasteiger partial charge < -0.3 is 18.9 Å². The summed E-state index contributed by atoms with van der Waals surface area (Å²) in [6.45, 7) is 2.97. The lowest BCUT2D eigenvalue weighted by Gasteiger charge is -2.36. The Morgan fingerprint density at radius 3 is 2.67 bits per heavy atom. The summed E-state index contributed by atoms with van der Waals surface area (Å²) in [5.74, 6) is 2.58. The number of methoxy groups -OCH3 is 2. The maximum Gasteiger partial charge on any atom is 0.246 e. The van der Waals surface area contributed by atoms with Gasteiger partial charge in [-0.15, -0.1) is 0 Å². The first kappa shape index (κ1) is 16.0. The molecule has 1 saturated heterocycles. The van der Waals surface area contributed by atoms with E-state index >= 15 is 0 Å². The maximum absolute atomic E-state index is 12.2. The topological polar surface area (TPSA) is 77.7 Å². The van der Waals surface area contributed by atoms with Gasteiger partial charge in [-0.1, -0.05) is 11.2 Å². The molecule has 1 aliphatic heterocycles. The fourth-order valence-corrected chi connectivity index (χ4v) is 2.52. The average Bonchev–Trinajstić information content (AvgIpc) is 2.97. The fraction of sp³-hybridized carbons (Fsp3) is 0.353. The minimum absolute atomic E-state index is 0.0442. The number of benzene rings is 1. The zero-order chi connectivity index (χ0) is 17.1. The van der Waals surface area contributed by atoms with Crippen LogP contribution >= 0.6 is 0 Å². The highest BCUT2D eigenvalue weighted by Crippen LogP contribution is 2.28. The van der Waals surface area contributed by atoms with Crippen molar-refractivity contribution in [2.24, 2.45) is 0 Å². The van der Waals surface area contributed by atoms with Crippen molar-refractivity contribution in [3.8, 4) is 11.5 Å². The molecule has 1 amide bonds. The molecule has 1 aromatic carbocycles. The van der Waals surface area contributed by atoms with Gasteiger partial charge in [0, 0.05) is 19.2 Å². The SMILES string of the molecule is COc1ccc(/C=C/C(=O)N2CC(c3nc(C)no3)C2)cc1OC. The number of aryl methyl sites for hydroxylation is 1. The Hall–Kier alpha value is -2.83. The monoisotopic (exact) mass is 329 g/mol. The van der Waals surface area contributed by atoms with Gasteiger partial charge in [-0.05, 0) is 30.7 Å². The van der Waals surface area contributed by atoms with E-state index in [-0.39, 0.29) is 11.8 Å². The number of nitrogens with zero attached hydrogens (tertiary/aromatic N) is 3. The Labute approximate surface area is 139 Å². The largest absolute Gasteiger partial charge is 0.493 e. The number of ether oxygens (including phenoxy) is 2. The molecule has 7 nitrogen and oxygen atoms in total. The van der Waals surface area contributed by atoms with E-state index in [1.807, 2.05) is 12.1 Å². The second kappa shape index (κ2) is 6.74. The van der Waals surface area contributed by atoms with Crippen molar-refractivity contribution in [3.05, 3.63) is 41.6 Å². The van der Waals surface area contributed by atoms with Crippen molar-refractivity contribution in [3.63, 3.8) is 0 Å². The number of likely N-dealkylation sites (tertiary alicyclic amines) is 1. The van der Waals surface area contributed by atoms with E-state index in [1.165, 1.54) is 0 Å². The van der Waals surface area contributed by atoms with E-state index in [0.717, 1.165) is 5.56 Å².